The zero-order valence-corrected chi connectivity index (χ0v) is 14.3. The molecule has 0 saturated carbocycles. The summed E-state index contributed by atoms with van der Waals surface area (Å²) in [6.07, 6.45) is 0.844. The van der Waals surface area contributed by atoms with Gasteiger partial charge in [-0.05, 0) is 32.8 Å². The Bertz CT molecular complexity index is 650. The van der Waals surface area contributed by atoms with E-state index in [9.17, 15) is 4.79 Å². The van der Waals surface area contributed by atoms with E-state index in [1.54, 1.807) is 4.68 Å². The van der Waals surface area contributed by atoms with E-state index in [0.717, 1.165) is 23.4 Å². The molecular weight excluding hydrogens is 290 g/mol. The second-order valence-electron chi connectivity index (χ2n) is 5.70. The maximum atomic E-state index is 12.2. The summed E-state index contributed by atoms with van der Waals surface area (Å²) in [6.45, 7) is 7.00. The van der Waals surface area contributed by atoms with Gasteiger partial charge < -0.3 is 10.1 Å². The van der Waals surface area contributed by atoms with Crippen molar-refractivity contribution >= 4 is 5.91 Å². The zero-order chi connectivity index (χ0) is 16.8. The number of carbonyl (C=O) groups is 1. The highest BCUT2D eigenvalue weighted by Crippen LogP contribution is 2.16. The van der Waals surface area contributed by atoms with Crippen LogP contribution in [0.3, 0.4) is 0 Å². The van der Waals surface area contributed by atoms with Crippen molar-refractivity contribution in [3.05, 3.63) is 52.8 Å². The van der Waals surface area contributed by atoms with E-state index >= 15 is 0 Å². The van der Waals surface area contributed by atoms with Crippen LogP contribution in [-0.4, -0.2) is 28.8 Å². The van der Waals surface area contributed by atoms with E-state index in [1.165, 1.54) is 0 Å². The number of nitrogens with one attached hydrogen (secondary N) is 1. The molecule has 1 N–H and O–H groups in total. The third-order valence-electron chi connectivity index (χ3n) is 3.98. The van der Waals surface area contributed by atoms with Crippen molar-refractivity contribution in [2.75, 3.05) is 13.2 Å². The molecule has 1 atom stereocenters. The van der Waals surface area contributed by atoms with Gasteiger partial charge in [-0.3, -0.25) is 9.48 Å². The van der Waals surface area contributed by atoms with Crippen LogP contribution in [0.5, 0.6) is 0 Å². The summed E-state index contributed by atoms with van der Waals surface area (Å²) in [5.41, 5.74) is 3.48. The van der Waals surface area contributed by atoms with Crippen LogP contribution in [0.25, 0.3) is 0 Å². The van der Waals surface area contributed by atoms with E-state index in [0.29, 0.717) is 18.7 Å². The predicted octanol–water partition coefficient (Wildman–Crippen LogP) is 2.93. The molecule has 0 saturated heterocycles. The van der Waals surface area contributed by atoms with Crippen molar-refractivity contribution in [3.63, 3.8) is 0 Å². The molecule has 1 aromatic carbocycles. The summed E-state index contributed by atoms with van der Waals surface area (Å²) in [5, 5.41) is 7.20. The Morgan fingerprint density at radius 2 is 2.00 bits per heavy atom. The van der Waals surface area contributed by atoms with Gasteiger partial charge in [-0.15, -0.1) is 0 Å². The first-order valence-corrected chi connectivity index (χ1v) is 7.95. The lowest BCUT2D eigenvalue weighted by Gasteiger charge is -2.13. The first-order valence-electron chi connectivity index (χ1n) is 7.95. The number of hydrogen-bond donors (Lipinski definition) is 1. The highest BCUT2D eigenvalue weighted by atomic mass is 16.5. The van der Waals surface area contributed by atoms with Crippen LogP contribution in [0.1, 0.15) is 46.8 Å². The molecule has 0 bridgehead atoms. The molecular formula is C18H25N3O2. The van der Waals surface area contributed by atoms with Crippen LogP contribution < -0.4 is 5.32 Å². The van der Waals surface area contributed by atoms with Gasteiger partial charge in [0.15, 0.2) is 0 Å². The first kappa shape index (κ1) is 17.2. The van der Waals surface area contributed by atoms with Gasteiger partial charge in [-0.25, -0.2) is 0 Å². The maximum Gasteiger partial charge on any atom is 0.255 e. The van der Waals surface area contributed by atoms with E-state index < -0.39 is 0 Å². The van der Waals surface area contributed by atoms with E-state index in [1.807, 2.05) is 46.0 Å². The van der Waals surface area contributed by atoms with Gasteiger partial charge >= 0.3 is 0 Å². The van der Waals surface area contributed by atoms with Crippen molar-refractivity contribution in [1.29, 1.82) is 0 Å². The van der Waals surface area contributed by atoms with Gasteiger partial charge in [-0.2, -0.15) is 5.10 Å². The number of benzene rings is 1. The van der Waals surface area contributed by atoms with Crippen molar-refractivity contribution in [3.8, 4) is 0 Å². The fourth-order valence-corrected chi connectivity index (χ4v) is 2.55. The Hall–Kier alpha value is -2.14. The molecule has 0 aliphatic heterocycles. The average Bonchev–Trinajstić information content (AvgIpc) is 2.80. The van der Waals surface area contributed by atoms with E-state index in [2.05, 4.69) is 22.5 Å². The van der Waals surface area contributed by atoms with Crippen molar-refractivity contribution in [2.45, 2.75) is 33.3 Å². The highest BCUT2D eigenvalue weighted by molar-refractivity contribution is 5.96. The normalized spacial score (nSPS) is 12.2. The molecule has 124 valence electrons. The largest absolute Gasteiger partial charge is 0.374 e. The monoisotopic (exact) mass is 315 g/mol. The number of ether oxygens (including phenoxy) is 1. The zero-order valence-electron chi connectivity index (χ0n) is 14.3. The maximum absolute atomic E-state index is 12.2. The third kappa shape index (κ3) is 4.42. The Balaban J connectivity index is 1.72. The molecule has 2 aromatic rings. The molecule has 1 aromatic heterocycles. The highest BCUT2D eigenvalue weighted by Gasteiger charge is 2.16. The van der Waals surface area contributed by atoms with Crippen molar-refractivity contribution < 1.29 is 9.53 Å². The van der Waals surface area contributed by atoms with Crippen molar-refractivity contribution in [2.24, 2.45) is 7.05 Å². The fraction of sp³-hybridized carbons (Fsp3) is 0.444. The topological polar surface area (TPSA) is 56.2 Å². The van der Waals surface area contributed by atoms with E-state index in [4.69, 9.17) is 4.74 Å². The minimum absolute atomic E-state index is 0.0645. The summed E-state index contributed by atoms with van der Waals surface area (Å²) in [5.74, 6) is -0.0655. The lowest BCUT2D eigenvalue weighted by Crippen LogP contribution is -2.26. The van der Waals surface area contributed by atoms with Crippen molar-refractivity contribution in [1.82, 2.24) is 15.1 Å². The molecule has 5 nitrogen and oxygen atoms in total. The summed E-state index contributed by atoms with van der Waals surface area (Å²) < 4.78 is 7.53. The molecule has 0 fully saturated rings. The number of nitrogens with zero attached hydrogens (tertiary/aromatic N) is 2. The second-order valence-corrected chi connectivity index (χ2v) is 5.70. The Kier molecular flexibility index (Phi) is 5.93. The number of rotatable bonds is 7. The molecule has 2 rings (SSSR count). The lowest BCUT2D eigenvalue weighted by molar-refractivity contribution is 0.0635. The molecule has 5 heteroatoms. The SMILES string of the molecule is Cc1nn(C)c(C)c1C(=O)NCCCOC(C)c1ccccc1. The molecule has 1 amide bonds. The van der Waals surface area contributed by atoms with Crippen LogP contribution in [-0.2, 0) is 11.8 Å². The quantitative estimate of drug-likeness (QED) is 0.799. The van der Waals surface area contributed by atoms with Gasteiger partial charge in [0.25, 0.3) is 5.91 Å². The number of amides is 1. The minimum atomic E-state index is -0.0655. The summed E-state index contributed by atoms with van der Waals surface area (Å²) in [7, 11) is 1.85. The van der Waals surface area contributed by atoms with E-state index in [-0.39, 0.29) is 12.0 Å². The Morgan fingerprint density at radius 3 is 2.61 bits per heavy atom. The number of aryl methyl sites for hydroxylation is 2. The van der Waals surface area contributed by atoms with Crippen LogP contribution in [0.15, 0.2) is 30.3 Å². The number of aromatic nitrogens is 2. The summed E-state index contributed by atoms with van der Waals surface area (Å²) in [6, 6.07) is 10.1. The number of hydrogen-bond acceptors (Lipinski definition) is 3. The fourth-order valence-electron chi connectivity index (χ4n) is 2.55. The molecule has 0 radical (unpaired) electrons. The Morgan fingerprint density at radius 1 is 1.30 bits per heavy atom. The first-order chi connectivity index (χ1) is 11.0. The van der Waals surface area contributed by atoms with Gasteiger partial charge in [0.05, 0.1) is 17.4 Å². The second kappa shape index (κ2) is 7.92. The van der Waals surface area contributed by atoms with Gasteiger partial charge in [0.1, 0.15) is 0 Å². The lowest BCUT2D eigenvalue weighted by atomic mass is 10.1. The standard InChI is InChI=1S/C18H25N3O2/c1-13-17(14(2)21(4)20-13)18(22)19-11-8-12-23-15(3)16-9-6-5-7-10-16/h5-7,9-10,15H,8,11-12H2,1-4H3,(H,19,22). The minimum Gasteiger partial charge on any atom is -0.374 e. The average molecular weight is 315 g/mol. The molecule has 1 unspecified atom stereocenters. The molecule has 0 spiro atoms. The molecule has 0 aliphatic rings. The molecule has 0 aliphatic carbocycles. The van der Waals surface area contributed by atoms with Gasteiger partial charge in [0.2, 0.25) is 0 Å². The Labute approximate surface area is 137 Å². The summed E-state index contributed by atoms with van der Waals surface area (Å²) >= 11 is 0. The van der Waals surface area contributed by atoms with Gasteiger partial charge in [-0.1, -0.05) is 30.3 Å². The third-order valence-corrected chi connectivity index (χ3v) is 3.98. The van der Waals surface area contributed by atoms with Crippen LogP contribution in [0.2, 0.25) is 0 Å². The van der Waals surface area contributed by atoms with Gasteiger partial charge in [0, 0.05) is 25.9 Å². The summed E-state index contributed by atoms with van der Waals surface area (Å²) in [4.78, 5) is 12.2. The van der Waals surface area contributed by atoms with Crippen LogP contribution >= 0.6 is 0 Å². The van der Waals surface area contributed by atoms with Crippen LogP contribution in [0.4, 0.5) is 0 Å². The molecule has 1 heterocycles. The predicted molar refractivity (Wildman–Crippen MR) is 90.4 cm³/mol. The molecule has 23 heavy (non-hydrogen) atoms. The van der Waals surface area contributed by atoms with Crippen LogP contribution in [0, 0.1) is 13.8 Å². The smallest absolute Gasteiger partial charge is 0.255 e. The number of carbonyl (C=O) groups excluding carboxylic acids is 1.